The van der Waals surface area contributed by atoms with E-state index in [2.05, 4.69) is 42.5 Å². The van der Waals surface area contributed by atoms with Crippen LogP contribution in [0.2, 0.25) is 0 Å². The molecule has 4 nitrogen and oxygen atoms in total. The van der Waals surface area contributed by atoms with Gasteiger partial charge < -0.3 is 10.3 Å². The first kappa shape index (κ1) is 13.5. The molecular formula is C14H26N4. The van der Waals surface area contributed by atoms with Crippen LogP contribution in [0.3, 0.4) is 0 Å². The van der Waals surface area contributed by atoms with Crippen molar-refractivity contribution in [3.05, 3.63) is 11.6 Å². The molecule has 0 atom stereocenters. The van der Waals surface area contributed by atoms with Crippen LogP contribution in [0.1, 0.15) is 70.9 Å². The fraction of sp³-hybridized carbons (Fsp3) is 0.857. The zero-order valence-electron chi connectivity index (χ0n) is 12.1. The third-order valence-corrected chi connectivity index (χ3v) is 3.99. The lowest BCUT2D eigenvalue weighted by atomic mass is 9.82. The van der Waals surface area contributed by atoms with Crippen LogP contribution >= 0.6 is 0 Å². The minimum Gasteiger partial charge on any atom is -0.324 e. The molecule has 0 aromatic carbocycles. The Morgan fingerprint density at radius 2 is 1.78 bits per heavy atom. The molecule has 1 fully saturated rings. The van der Waals surface area contributed by atoms with Gasteiger partial charge in [-0.25, -0.2) is 0 Å². The standard InChI is InChI=1S/C14H26N4/c1-10-5-7-11(8-6-10)13-17-16-12(9-15)18(13)14(2,3)4/h10-11H,5-9,15H2,1-4H3. The Hall–Kier alpha value is -0.900. The van der Waals surface area contributed by atoms with Crippen molar-refractivity contribution in [3.63, 3.8) is 0 Å². The fourth-order valence-electron chi connectivity index (χ4n) is 2.98. The van der Waals surface area contributed by atoms with Crippen LogP contribution in [0.25, 0.3) is 0 Å². The van der Waals surface area contributed by atoms with E-state index in [1.54, 1.807) is 0 Å². The van der Waals surface area contributed by atoms with Crippen molar-refractivity contribution in [1.29, 1.82) is 0 Å². The summed E-state index contributed by atoms with van der Waals surface area (Å²) in [5.41, 5.74) is 5.80. The molecule has 1 aromatic rings. The second-order valence-electron chi connectivity index (χ2n) is 6.64. The van der Waals surface area contributed by atoms with Gasteiger partial charge in [0, 0.05) is 11.5 Å². The molecule has 1 aromatic heterocycles. The van der Waals surface area contributed by atoms with Gasteiger partial charge in [0.15, 0.2) is 0 Å². The van der Waals surface area contributed by atoms with E-state index >= 15 is 0 Å². The first-order valence-corrected chi connectivity index (χ1v) is 7.08. The quantitative estimate of drug-likeness (QED) is 0.878. The number of nitrogens with two attached hydrogens (primary N) is 1. The van der Waals surface area contributed by atoms with Gasteiger partial charge in [0.05, 0.1) is 6.54 Å². The zero-order chi connectivity index (χ0) is 13.3. The van der Waals surface area contributed by atoms with E-state index in [4.69, 9.17) is 5.73 Å². The Morgan fingerprint density at radius 1 is 1.17 bits per heavy atom. The number of aromatic nitrogens is 3. The first-order chi connectivity index (χ1) is 8.43. The fourth-order valence-corrected chi connectivity index (χ4v) is 2.98. The maximum absolute atomic E-state index is 5.79. The SMILES string of the molecule is CC1CCC(c2nnc(CN)n2C(C)(C)C)CC1. The second-order valence-corrected chi connectivity index (χ2v) is 6.64. The van der Waals surface area contributed by atoms with Gasteiger partial charge in [-0.3, -0.25) is 0 Å². The van der Waals surface area contributed by atoms with E-state index in [1.165, 1.54) is 25.7 Å². The Labute approximate surface area is 110 Å². The number of hydrogen-bond donors (Lipinski definition) is 1. The summed E-state index contributed by atoms with van der Waals surface area (Å²) in [6, 6.07) is 0. The molecule has 0 spiro atoms. The molecule has 0 amide bonds. The van der Waals surface area contributed by atoms with Crippen LogP contribution in [0.5, 0.6) is 0 Å². The average Bonchev–Trinajstić information content (AvgIpc) is 2.73. The highest BCUT2D eigenvalue weighted by molar-refractivity contribution is 5.07. The maximum atomic E-state index is 5.79. The van der Waals surface area contributed by atoms with E-state index in [0.717, 1.165) is 17.6 Å². The normalized spacial score (nSPS) is 25.4. The molecule has 0 bridgehead atoms. The molecule has 0 aliphatic heterocycles. The average molecular weight is 250 g/mol. The lowest BCUT2D eigenvalue weighted by molar-refractivity contribution is 0.305. The van der Waals surface area contributed by atoms with Crippen molar-refractivity contribution in [2.24, 2.45) is 11.7 Å². The van der Waals surface area contributed by atoms with E-state index in [9.17, 15) is 0 Å². The van der Waals surface area contributed by atoms with Crippen LogP contribution in [0.15, 0.2) is 0 Å². The molecule has 0 unspecified atom stereocenters. The summed E-state index contributed by atoms with van der Waals surface area (Å²) in [6.07, 6.45) is 5.08. The van der Waals surface area contributed by atoms with Crippen LogP contribution in [0.4, 0.5) is 0 Å². The number of hydrogen-bond acceptors (Lipinski definition) is 3. The highest BCUT2D eigenvalue weighted by Gasteiger charge is 2.29. The minimum atomic E-state index is 0.0105. The largest absolute Gasteiger partial charge is 0.324 e. The molecule has 0 saturated heterocycles. The summed E-state index contributed by atoms with van der Waals surface area (Å²) in [6.45, 7) is 9.41. The lowest BCUT2D eigenvalue weighted by Crippen LogP contribution is -2.29. The van der Waals surface area contributed by atoms with Gasteiger partial charge in [-0.1, -0.05) is 19.8 Å². The van der Waals surface area contributed by atoms with Crippen molar-refractivity contribution in [3.8, 4) is 0 Å². The van der Waals surface area contributed by atoms with Crippen LogP contribution < -0.4 is 5.73 Å². The summed E-state index contributed by atoms with van der Waals surface area (Å²) in [5, 5.41) is 8.72. The van der Waals surface area contributed by atoms with E-state index in [-0.39, 0.29) is 5.54 Å². The van der Waals surface area contributed by atoms with Crippen LogP contribution in [-0.4, -0.2) is 14.8 Å². The molecule has 1 aliphatic carbocycles. The third-order valence-electron chi connectivity index (χ3n) is 3.99. The van der Waals surface area contributed by atoms with Gasteiger partial charge in [0.2, 0.25) is 0 Å². The van der Waals surface area contributed by atoms with Crippen LogP contribution in [0, 0.1) is 5.92 Å². The molecule has 1 aliphatic rings. The molecular weight excluding hydrogens is 224 g/mol. The Balaban J connectivity index is 2.30. The molecule has 102 valence electrons. The smallest absolute Gasteiger partial charge is 0.147 e. The van der Waals surface area contributed by atoms with Gasteiger partial charge >= 0.3 is 0 Å². The highest BCUT2D eigenvalue weighted by Crippen LogP contribution is 2.36. The molecule has 2 N–H and O–H groups in total. The molecule has 0 radical (unpaired) electrons. The molecule has 4 heteroatoms. The summed E-state index contributed by atoms with van der Waals surface area (Å²) in [5.74, 6) is 3.49. The molecule has 1 saturated carbocycles. The van der Waals surface area contributed by atoms with Gasteiger partial charge in [-0.2, -0.15) is 0 Å². The lowest BCUT2D eigenvalue weighted by Gasteiger charge is -2.30. The predicted octanol–water partition coefficient (Wildman–Crippen LogP) is 2.79. The third kappa shape index (κ3) is 2.58. The molecule has 1 heterocycles. The predicted molar refractivity (Wildman–Crippen MR) is 73.3 cm³/mol. The maximum Gasteiger partial charge on any atom is 0.147 e. The molecule has 18 heavy (non-hydrogen) atoms. The zero-order valence-corrected chi connectivity index (χ0v) is 12.1. The van der Waals surface area contributed by atoms with E-state index in [1.807, 2.05) is 0 Å². The van der Waals surface area contributed by atoms with Crippen molar-refractivity contribution >= 4 is 0 Å². The van der Waals surface area contributed by atoms with E-state index < -0.39 is 0 Å². The summed E-state index contributed by atoms with van der Waals surface area (Å²) in [7, 11) is 0. The molecule has 2 rings (SSSR count). The second kappa shape index (κ2) is 5.00. The van der Waals surface area contributed by atoms with Crippen LogP contribution in [-0.2, 0) is 12.1 Å². The summed E-state index contributed by atoms with van der Waals surface area (Å²) >= 11 is 0. The monoisotopic (exact) mass is 250 g/mol. The van der Waals surface area contributed by atoms with Crippen molar-refractivity contribution in [2.45, 2.75) is 71.4 Å². The van der Waals surface area contributed by atoms with Gasteiger partial charge in [-0.15, -0.1) is 10.2 Å². The number of rotatable bonds is 2. The van der Waals surface area contributed by atoms with Crippen molar-refractivity contribution in [2.75, 3.05) is 0 Å². The highest BCUT2D eigenvalue weighted by atomic mass is 15.3. The van der Waals surface area contributed by atoms with Gasteiger partial charge in [-0.05, 0) is 39.5 Å². The minimum absolute atomic E-state index is 0.0105. The topological polar surface area (TPSA) is 56.7 Å². The Kier molecular flexibility index (Phi) is 3.76. The van der Waals surface area contributed by atoms with Crippen molar-refractivity contribution in [1.82, 2.24) is 14.8 Å². The Bertz CT molecular complexity index is 394. The summed E-state index contributed by atoms with van der Waals surface area (Å²) in [4.78, 5) is 0. The van der Waals surface area contributed by atoms with Crippen molar-refractivity contribution < 1.29 is 0 Å². The number of nitrogens with zero attached hydrogens (tertiary/aromatic N) is 3. The Morgan fingerprint density at radius 3 is 2.28 bits per heavy atom. The van der Waals surface area contributed by atoms with Gasteiger partial charge in [0.1, 0.15) is 11.6 Å². The summed E-state index contributed by atoms with van der Waals surface area (Å²) < 4.78 is 2.26. The first-order valence-electron chi connectivity index (χ1n) is 7.08. The van der Waals surface area contributed by atoms with Gasteiger partial charge in [0.25, 0.3) is 0 Å². The van der Waals surface area contributed by atoms with E-state index in [0.29, 0.717) is 12.5 Å².